The van der Waals surface area contributed by atoms with Crippen molar-refractivity contribution >= 4 is 51.3 Å². The average molecular weight is 569 g/mol. The number of rotatable bonds is 6. The van der Waals surface area contributed by atoms with Crippen molar-refractivity contribution in [1.82, 2.24) is 24.6 Å². The van der Waals surface area contributed by atoms with E-state index in [2.05, 4.69) is 44.4 Å². The number of aliphatic hydroxyl groups is 1. The maximum Gasteiger partial charge on any atom is 0.301 e. The smallest absolute Gasteiger partial charge is 0.301 e. The first-order chi connectivity index (χ1) is 19.3. The van der Waals surface area contributed by atoms with E-state index in [9.17, 15) is 14.7 Å². The maximum absolute atomic E-state index is 13.5. The molecule has 6 rings (SSSR count). The summed E-state index contributed by atoms with van der Waals surface area (Å²) in [6, 6.07) is 14.6. The SMILES string of the molecule is Cc1ccc(CSc2nnc(N3C(=O)C(=O)/C(=C(/O)c4nc5c(C)cccn5c4C)C3c3cccnc3)s2)cc1. The highest BCUT2D eigenvalue weighted by molar-refractivity contribution is 8.00. The Morgan fingerprint density at radius 3 is 2.58 bits per heavy atom. The van der Waals surface area contributed by atoms with Gasteiger partial charge in [-0.3, -0.25) is 19.5 Å². The standard InChI is InChI=1S/C29H24N6O3S2/c1-16-8-10-19(11-9-16)15-39-29-33-32-28(40-29)35-23(20-7-4-12-30-14-20)21(25(37)27(35)38)24(36)22-18(3)34-13-5-6-17(2)26(34)31-22/h4-14,23,36H,15H2,1-3H3/b24-21+. The number of aryl methyl sites for hydroxylation is 3. The molecule has 9 nitrogen and oxygen atoms in total. The zero-order chi connectivity index (χ0) is 28.0. The highest BCUT2D eigenvalue weighted by Gasteiger charge is 2.49. The molecular weight excluding hydrogens is 544 g/mol. The minimum absolute atomic E-state index is 0.0637. The second kappa shape index (κ2) is 10.3. The fourth-order valence-corrected chi connectivity index (χ4v) is 6.57. The van der Waals surface area contributed by atoms with Gasteiger partial charge in [-0.25, -0.2) is 4.98 Å². The topological polar surface area (TPSA) is 114 Å². The van der Waals surface area contributed by atoms with Crippen molar-refractivity contribution in [2.75, 3.05) is 4.90 Å². The lowest BCUT2D eigenvalue weighted by Gasteiger charge is -2.21. The van der Waals surface area contributed by atoms with Crippen molar-refractivity contribution < 1.29 is 14.7 Å². The van der Waals surface area contributed by atoms with Crippen LogP contribution in [0.5, 0.6) is 0 Å². The molecule has 0 saturated carbocycles. The number of thioether (sulfide) groups is 1. The molecule has 40 heavy (non-hydrogen) atoms. The third-order valence-electron chi connectivity index (χ3n) is 6.84. The molecule has 4 aromatic heterocycles. The number of carbonyl (C=O) groups excluding carboxylic acids is 2. The van der Waals surface area contributed by atoms with E-state index in [1.807, 2.05) is 43.5 Å². The van der Waals surface area contributed by atoms with E-state index in [0.717, 1.165) is 11.1 Å². The monoisotopic (exact) mass is 568 g/mol. The number of ketones is 1. The number of hydrogen-bond acceptors (Lipinski definition) is 9. The van der Waals surface area contributed by atoms with E-state index in [1.165, 1.54) is 33.6 Å². The Bertz CT molecular complexity index is 1790. The number of hydrogen-bond donors (Lipinski definition) is 1. The molecule has 0 bridgehead atoms. The summed E-state index contributed by atoms with van der Waals surface area (Å²) in [5.74, 6) is -1.26. The van der Waals surface area contributed by atoms with Gasteiger partial charge < -0.3 is 9.51 Å². The molecule has 11 heteroatoms. The number of nitrogens with zero attached hydrogens (tertiary/aromatic N) is 6. The Kier molecular flexibility index (Phi) is 6.68. The van der Waals surface area contributed by atoms with E-state index in [1.54, 1.807) is 24.5 Å². The maximum atomic E-state index is 13.5. The van der Waals surface area contributed by atoms with E-state index in [0.29, 0.717) is 27.0 Å². The summed E-state index contributed by atoms with van der Waals surface area (Å²) in [6.45, 7) is 5.77. The van der Waals surface area contributed by atoms with Gasteiger partial charge in [0.2, 0.25) is 5.13 Å². The van der Waals surface area contributed by atoms with E-state index in [-0.39, 0.29) is 22.2 Å². The van der Waals surface area contributed by atoms with Crippen molar-refractivity contribution in [3.63, 3.8) is 0 Å². The van der Waals surface area contributed by atoms with Gasteiger partial charge in [0.1, 0.15) is 11.3 Å². The molecule has 1 atom stereocenters. The van der Waals surface area contributed by atoms with Crippen LogP contribution in [0.25, 0.3) is 11.4 Å². The molecule has 1 N–H and O–H groups in total. The van der Waals surface area contributed by atoms with Gasteiger partial charge in [0, 0.05) is 24.3 Å². The normalized spacial score (nSPS) is 16.8. The zero-order valence-corrected chi connectivity index (χ0v) is 23.5. The summed E-state index contributed by atoms with van der Waals surface area (Å²) in [5.41, 5.74) is 5.29. The van der Waals surface area contributed by atoms with Crippen molar-refractivity contribution in [2.24, 2.45) is 0 Å². The molecule has 1 unspecified atom stereocenters. The summed E-state index contributed by atoms with van der Waals surface area (Å²) in [7, 11) is 0. The summed E-state index contributed by atoms with van der Waals surface area (Å²) in [4.78, 5) is 37.1. The van der Waals surface area contributed by atoms with Gasteiger partial charge in [-0.05, 0) is 49.6 Å². The van der Waals surface area contributed by atoms with Gasteiger partial charge in [-0.15, -0.1) is 10.2 Å². The number of aliphatic hydroxyl groups excluding tert-OH is 1. The third kappa shape index (κ3) is 4.46. The van der Waals surface area contributed by atoms with Crippen LogP contribution in [0.1, 0.15) is 39.7 Å². The van der Waals surface area contributed by atoms with Crippen LogP contribution in [0.3, 0.4) is 0 Å². The summed E-state index contributed by atoms with van der Waals surface area (Å²) >= 11 is 2.73. The summed E-state index contributed by atoms with van der Waals surface area (Å²) in [6.07, 6.45) is 5.02. The molecule has 1 fully saturated rings. The van der Waals surface area contributed by atoms with Crippen LogP contribution < -0.4 is 4.90 Å². The van der Waals surface area contributed by atoms with Crippen molar-refractivity contribution in [1.29, 1.82) is 0 Å². The Labute approximate surface area is 238 Å². The van der Waals surface area contributed by atoms with Crippen LogP contribution in [-0.4, -0.2) is 41.4 Å². The molecule has 1 aromatic carbocycles. The van der Waals surface area contributed by atoms with Crippen LogP contribution >= 0.6 is 23.1 Å². The predicted octanol–water partition coefficient (Wildman–Crippen LogP) is 5.42. The van der Waals surface area contributed by atoms with Crippen LogP contribution in [-0.2, 0) is 15.3 Å². The number of pyridine rings is 2. The van der Waals surface area contributed by atoms with E-state index in [4.69, 9.17) is 0 Å². The Balaban J connectivity index is 1.41. The lowest BCUT2D eigenvalue weighted by atomic mass is 9.98. The van der Waals surface area contributed by atoms with E-state index >= 15 is 0 Å². The molecule has 1 saturated heterocycles. The highest BCUT2D eigenvalue weighted by Crippen LogP contribution is 2.44. The third-order valence-corrected chi connectivity index (χ3v) is 8.96. The number of amides is 1. The highest BCUT2D eigenvalue weighted by atomic mass is 32.2. The minimum Gasteiger partial charge on any atom is -0.505 e. The largest absolute Gasteiger partial charge is 0.505 e. The number of carbonyl (C=O) groups is 2. The Morgan fingerprint density at radius 2 is 1.85 bits per heavy atom. The molecule has 0 radical (unpaired) electrons. The summed E-state index contributed by atoms with van der Waals surface area (Å²) in [5, 5.41) is 20.4. The van der Waals surface area contributed by atoms with Crippen molar-refractivity contribution in [3.05, 3.63) is 106 Å². The molecule has 5 heterocycles. The fourth-order valence-electron chi connectivity index (χ4n) is 4.74. The zero-order valence-electron chi connectivity index (χ0n) is 21.9. The van der Waals surface area contributed by atoms with Crippen LogP contribution in [0.2, 0.25) is 0 Å². The Hall–Kier alpha value is -4.35. The number of anilines is 1. The second-order valence-corrected chi connectivity index (χ2v) is 11.7. The average Bonchev–Trinajstić information content (AvgIpc) is 3.64. The number of fused-ring (bicyclic) bond motifs is 1. The lowest BCUT2D eigenvalue weighted by molar-refractivity contribution is -0.132. The molecule has 0 spiro atoms. The van der Waals surface area contributed by atoms with Crippen molar-refractivity contribution in [2.45, 2.75) is 36.9 Å². The van der Waals surface area contributed by atoms with Gasteiger partial charge in [0.05, 0.1) is 17.3 Å². The van der Waals surface area contributed by atoms with E-state index < -0.39 is 17.7 Å². The molecule has 0 aliphatic carbocycles. The first kappa shape index (κ1) is 25.9. The fraction of sp³-hybridized carbons (Fsp3) is 0.172. The molecule has 1 aliphatic heterocycles. The van der Waals surface area contributed by atoms with Gasteiger partial charge in [-0.2, -0.15) is 0 Å². The number of Topliss-reactive ketones (excluding diaryl/α,β-unsaturated/α-hetero) is 1. The number of benzene rings is 1. The Morgan fingerprint density at radius 1 is 1.05 bits per heavy atom. The van der Waals surface area contributed by atoms with Crippen LogP contribution in [0.4, 0.5) is 5.13 Å². The first-order valence-electron chi connectivity index (χ1n) is 12.5. The minimum atomic E-state index is -0.943. The van der Waals surface area contributed by atoms with Crippen LogP contribution in [0, 0.1) is 20.8 Å². The van der Waals surface area contributed by atoms with Gasteiger partial charge >= 0.3 is 5.91 Å². The van der Waals surface area contributed by atoms with Gasteiger partial charge in [-0.1, -0.05) is 65.1 Å². The second-order valence-electron chi connectivity index (χ2n) is 9.51. The molecule has 1 amide bonds. The molecule has 1 aliphatic rings. The number of aromatic nitrogens is 5. The quantitative estimate of drug-likeness (QED) is 0.0949. The molecule has 5 aromatic rings. The predicted molar refractivity (Wildman–Crippen MR) is 154 cm³/mol. The van der Waals surface area contributed by atoms with Crippen molar-refractivity contribution in [3.8, 4) is 0 Å². The van der Waals surface area contributed by atoms with Crippen LogP contribution in [0.15, 0.2) is 77.0 Å². The number of imidazole rings is 1. The molecular formula is C29H24N6O3S2. The first-order valence-corrected chi connectivity index (χ1v) is 14.3. The van der Waals surface area contributed by atoms with Gasteiger partial charge in [0.15, 0.2) is 10.1 Å². The lowest BCUT2D eigenvalue weighted by Crippen LogP contribution is -2.29. The molecule has 200 valence electrons. The summed E-state index contributed by atoms with van der Waals surface area (Å²) < 4.78 is 2.51. The van der Waals surface area contributed by atoms with Gasteiger partial charge in [0.25, 0.3) is 5.78 Å².